The van der Waals surface area contributed by atoms with Gasteiger partial charge in [-0.05, 0) is 35.6 Å². The van der Waals surface area contributed by atoms with E-state index in [4.69, 9.17) is 14.2 Å². The Balaban J connectivity index is 2.18. The van der Waals surface area contributed by atoms with Crippen molar-refractivity contribution in [1.29, 1.82) is 0 Å². The average Bonchev–Trinajstić information content (AvgIpc) is 2.53. The predicted octanol–water partition coefficient (Wildman–Crippen LogP) is 4.71. The molecule has 0 spiro atoms. The Hall–Kier alpha value is -2.16. The number of hydrogen-bond donors (Lipinski definition) is 0. The van der Waals surface area contributed by atoms with E-state index in [9.17, 15) is 0 Å². The second kappa shape index (κ2) is 7.21. The summed E-state index contributed by atoms with van der Waals surface area (Å²) in [6.07, 6.45) is 0. The molecule has 0 radical (unpaired) electrons. The maximum atomic E-state index is 5.97. The van der Waals surface area contributed by atoms with Crippen molar-refractivity contribution in [3.8, 4) is 17.2 Å². The largest absolute Gasteiger partial charge is 0.493 e. The van der Waals surface area contributed by atoms with Crippen LogP contribution in [0.5, 0.6) is 17.2 Å². The van der Waals surface area contributed by atoms with Gasteiger partial charge in [-0.15, -0.1) is 0 Å². The van der Waals surface area contributed by atoms with Crippen molar-refractivity contribution in [2.24, 2.45) is 0 Å². The van der Waals surface area contributed by atoms with Gasteiger partial charge in [0.25, 0.3) is 0 Å². The molecule has 0 amide bonds. The van der Waals surface area contributed by atoms with Crippen LogP contribution in [0, 0.1) is 6.92 Å². The lowest BCUT2D eigenvalue weighted by molar-refractivity contribution is 0.265. The summed E-state index contributed by atoms with van der Waals surface area (Å²) in [6.45, 7) is 6.85. The molecule has 2 aromatic carbocycles. The zero-order valence-electron chi connectivity index (χ0n) is 14.0. The molecule has 22 heavy (non-hydrogen) atoms. The third kappa shape index (κ3) is 3.53. The minimum absolute atomic E-state index is 0.481. The standard InChI is InChI=1S/C19H24O3/c1-13(2)16-9-7-15(8-10-16)12-22-19-17(20-4)11-6-14(3)18(19)21-5/h6-11,13H,12H2,1-5H3. The average molecular weight is 300 g/mol. The van der Waals surface area contributed by atoms with Crippen molar-refractivity contribution in [3.05, 3.63) is 53.1 Å². The SMILES string of the molecule is COc1ccc(C)c(OC)c1OCc1ccc(C(C)C)cc1. The van der Waals surface area contributed by atoms with Crippen molar-refractivity contribution in [2.75, 3.05) is 14.2 Å². The van der Waals surface area contributed by atoms with Gasteiger partial charge in [-0.2, -0.15) is 0 Å². The van der Waals surface area contributed by atoms with E-state index in [0.717, 1.165) is 16.9 Å². The van der Waals surface area contributed by atoms with Gasteiger partial charge in [0.05, 0.1) is 14.2 Å². The summed E-state index contributed by atoms with van der Waals surface area (Å²) in [4.78, 5) is 0. The summed E-state index contributed by atoms with van der Waals surface area (Å²) < 4.78 is 16.8. The molecule has 0 N–H and O–H groups in total. The molecule has 2 rings (SSSR count). The Morgan fingerprint density at radius 2 is 1.55 bits per heavy atom. The van der Waals surface area contributed by atoms with Gasteiger partial charge in [0, 0.05) is 0 Å². The molecule has 118 valence electrons. The first-order valence-corrected chi connectivity index (χ1v) is 7.50. The molecular weight excluding hydrogens is 276 g/mol. The Kier molecular flexibility index (Phi) is 5.31. The number of ether oxygens (including phenoxy) is 3. The first-order valence-electron chi connectivity index (χ1n) is 7.50. The molecule has 0 heterocycles. The third-order valence-electron chi connectivity index (χ3n) is 3.73. The van der Waals surface area contributed by atoms with E-state index >= 15 is 0 Å². The molecule has 0 aliphatic rings. The van der Waals surface area contributed by atoms with E-state index < -0.39 is 0 Å². The molecule has 0 aliphatic carbocycles. The lowest BCUT2D eigenvalue weighted by Gasteiger charge is -2.16. The Morgan fingerprint density at radius 1 is 0.864 bits per heavy atom. The van der Waals surface area contributed by atoms with Gasteiger partial charge in [-0.3, -0.25) is 0 Å². The molecule has 0 saturated heterocycles. The Morgan fingerprint density at radius 3 is 2.09 bits per heavy atom. The fraction of sp³-hybridized carbons (Fsp3) is 0.368. The summed E-state index contributed by atoms with van der Waals surface area (Å²) in [5.74, 6) is 2.59. The molecule has 0 aliphatic heterocycles. The van der Waals surface area contributed by atoms with Crippen LogP contribution in [0.4, 0.5) is 0 Å². The lowest BCUT2D eigenvalue weighted by Crippen LogP contribution is -2.01. The number of hydrogen-bond acceptors (Lipinski definition) is 3. The van der Waals surface area contributed by atoms with Crippen molar-refractivity contribution in [1.82, 2.24) is 0 Å². The van der Waals surface area contributed by atoms with Gasteiger partial charge in [0.15, 0.2) is 11.5 Å². The monoisotopic (exact) mass is 300 g/mol. The highest BCUT2D eigenvalue weighted by Gasteiger charge is 2.14. The smallest absolute Gasteiger partial charge is 0.204 e. The number of aryl methyl sites for hydroxylation is 1. The lowest BCUT2D eigenvalue weighted by atomic mass is 10.0. The van der Waals surface area contributed by atoms with Crippen molar-refractivity contribution in [3.63, 3.8) is 0 Å². The topological polar surface area (TPSA) is 27.7 Å². The van der Waals surface area contributed by atoms with Crippen LogP contribution in [0.15, 0.2) is 36.4 Å². The van der Waals surface area contributed by atoms with Gasteiger partial charge in [0.2, 0.25) is 5.75 Å². The number of rotatable bonds is 6. The van der Waals surface area contributed by atoms with Crippen molar-refractivity contribution < 1.29 is 14.2 Å². The van der Waals surface area contributed by atoms with E-state index in [1.807, 2.05) is 19.1 Å². The summed E-state index contributed by atoms with van der Waals surface area (Å²) >= 11 is 0. The van der Waals surface area contributed by atoms with E-state index in [1.165, 1.54) is 5.56 Å². The Bertz CT molecular complexity index is 615. The first kappa shape index (κ1) is 16.2. The predicted molar refractivity (Wildman–Crippen MR) is 89.1 cm³/mol. The summed E-state index contributed by atoms with van der Waals surface area (Å²) in [6, 6.07) is 12.4. The third-order valence-corrected chi connectivity index (χ3v) is 3.73. The minimum Gasteiger partial charge on any atom is -0.493 e. The van der Waals surface area contributed by atoms with Gasteiger partial charge < -0.3 is 14.2 Å². The highest BCUT2D eigenvalue weighted by molar-refractivity contribution is 5.55. The fourth-order valence-electron chi connectivity index (χ4n) is 2.35. The zero-order chi connectivity index (χ0) is 16.1. The van der Waals surface area contributed by atoms with Gasteiger partial charge in [-0.25, -0.2) is 0 Å². The molecule has 0 fully saturated rings. The van der Waals surface area contributed by atoms with E-state index in [2.05, 4.69) is 38.1 Å². The van der Waals surface area contributed by atoms with Crippen LogP contribution in [0.2, 0.25) is 0 Å². The van der Waals surface area contributed by atoms with Crippen LogP contribution >= 0.6 is 0 Å². The summed E-state index contributed by atoms with van der Waals surface area (Å²) in [7, 11) is 3.28. The van der Waals surface area contributed by atoms with E-state index in [1.54, 1.807) is 14.2 Å². The van der Waals surface area contributed by atoms with Crippen LogP contribution in [0.1, 0.15) is 36.5 Å². The van der Waals surface area contributed by atoms with Crippen LogP contribution in [-0.2, 0) is 6.61 Å². The molecule has 2 aromatic rings. The molecule has 3 heteroatoms. The zero-order valence-corrected chi connectivity index (χ0v) is 14.0. The maximum absolute atomic E-state index is 5.97. The normalized spacial score (nSPS) is 10.6. The molecule has 0 bridgehead atoms. The highest BCUT2D eigenvalue weighted by atomic mass is 16.5. The van der Waals surface area contributed by atoms with Crippen LogP contribution in [-0.4, -0.2) is 14.2 Å². The van der Waals surface area contributed by atoms with Crippen LogP contribution < -0.4 is 14.2 Å². The molecule has 0 atom stereocenters. The van der Waals surface area contributed by atoms with E-state index in [0.29, 0.717) is 24.0 Å². The summed E-state index contributed by atoms with van der Waals surface area (Å²) in [5, 5.41) is 0. The van der Waals surface area contributed by atoms with Crippen molar-refractivity contribution >= 4 is 0 Å². The number of methoxy groups -OCH3 is 2. The highest BCUT2D eigenvalue weighted by Crippen LogP contribution is 2.40. The van der Waals surface area contributed by atoms with Crippen molar-refractivity contribution in [2.45, 2.75) is 33.3 Å². The van der Waals surface area contributed by atoms with Gasteiger partial charge in [-0.1, -0.05) is 44.2 Å². The van der Waals surface area contributed by atoms with Gasteiger partial charge >= 0.3 is 0 Å². The second-order valence-corrected chi connectivity index (χ2v) is 5.63. The molecule has 0 aromatic heterocycles. The molecule has 0 saturated carbocycles. The summed E-state index contributed by atoms with van der Waals surface area (Å²) in [5.41, 5.74) is 3.47. The van der Waals surface area contributed by atoms with Crippen LogP contribution in [0.3, 0.4) is 0 Å². The molecule has 0 unspecified atom stereocenters. The Labute approximate surface area is 132 Å². The molecular formula is C19H24O3. The number of benzene rings is 2. The first-order chi connectivity index (χ1) is 10.6. The quantitative estimate of drug-likeness (QED) is 0.773. The van der Waals surface area contributed by atoms with Gasteiger partial charge in [0.1, 0.15) is 6.61 Å². The van der Waals surface area contributed by atoms with E-state index in [-0.39, 0.29) is 0 Å². The van der Waals surface area contributed by atoms with Crippen LogP contribution in [0.25, 0.3) is 0 Å². The molecule has 3 nitrogen and oxygen atoms in total. The second-order valence-electron chi connectivity index (χ2n) is 5.63. The maximum Gasteiger partial charge on any atom is 0.204 e. The fourth-order valence-corrected chi connectivity index (χ4v) is 2.35. The minimum atomic E-state index is 0.481.